The molecule has 6 heteroatoms. The SMILES string of the molecule is CCCCCCCCCCCCCCCCC(C(C)=O)(C(C)=O)C(=O)OCC(O)CO. The molecule has 0 aliphatic rings. The van der Waals surface area contributed by atoms with Crippen LogP contribution in [0.2, 0.25) is 0 Å². The van der Waals surface area contributed by atoms with E-state index >= 15 is 0 Å². The third-order valence-corrected chi connectivity index (χ3v) is 6.07. The van der Waals surface area contributed by atoms with Gasteiger partial charge < -0.3 is 14.9 Å². The lowest BCUT2D eigenvalue weighted by molar-refractivity contribution is -0.166. The van der Waals surface area contributed by atoms with Gasteiger partial charge >= 0.3 is 5.97 Å². The van der Waals surface area contributed by atoms with E-state index in [1.165, 1.54) is 78.1 Å². The molecule has 0 heterocycles. The highest BCUT2D eigenvalue weighted by molar-refractivity contribution is 6.21. The number of Topliss-reactive ketones (excluding diaryl/α,β-unsaturated/α-hetero) is 2. The number of aliphatic hydroxyl groups is 2. The maximum atomic E-state index is 12.5. The van der Waals surface area contributed by atoms with E-state index in [1.807, 2.05) is 0 Å². The molecule has 0 aromatic rings. The molecule has 1 atom stereocenters. The molecule has 31 heavy (non-hydrogen) atoms. The molecule has 0 fully saturated rings. The summed E-state index contributed by atoms with van der Waals surface area (Å²) in [5.41, 5.74) is -1.80. The maximum Gasteiger partial charge on any atom is 0.327 e. The lowest BCUT2D eigenvalue weighted by atomic mass is 9.75. The van der Waals surface area contributed by atoms with Gasteiger partial charge in [0.25, 0.3) is 0 Å². The van der Waals surface area contributed by atoms with Crippen molar-refractivity contribution < 1.29 is 29.3 Å². The van der Waals surface area contributed by atoms with Crippen molar-refractivity contribution in [1.82, 2.24) is 0 Å². The van der Waals surface area contributed by atoms with Gasteiger partial charge in [0.2, 0.25) is 0 Å². The van der Waals surface area contributed by atoms with Crippen LogP contribution in [0, 0.1) is 5.41 Å². The van der Waals surface area contributed by atoms with Crippen molar-refractivity contribution in [3.8, 4) is 0 Å². The second-order valence-corrected chi connectivity index (χ2v) is 8.80. The summed E-state index contributed by atoms with van der Waals surface area (Å²) in [7, 11) is 0. The van der Waals surface area contributed by atoms with Crippen LogP contribution in [0.4, 0.5) is 0 Å². The number of ketones is 2. The highest BCUT2D eigenvalue weighted by Gasteiger charge is 2.49. The van der Waals surface area contributed by atoms with Crippen LogP contribution in [-0.2, 0) is 19.1 Å². The fourth-order valence-corrected chi connectivity index (χ4v) is 3.92. The van der Waals surface area contributed by atoms with E-state index in [4.69, 9.17) is 9.84 Å². The zero-order chi connectivity index (χ0) is 23.5. The van der Waals surface area contributed by atoms with Crippen molar-refractivity contribution in [1.29, 1.82) is 0 Å². The molecule has 182 valence electrons. The minimum atomic E-state index is -1.80. The number of carbonyl (C=O) groups is 3. The molecular weight excluding hydrogens is 396 g/mol. The number of hydrogen-bond donors (Lipinski definition) is 2. The van der Waals surface area contributed by atoms with Crippen LogP contribution >= 0.6 is 0 Å². The maximum absolute atomic E-state index is 12.5. The average molecular weight is 443 g/mol. The van der Waals surface area contributed by atoms with Gasteiger partial charge in [-0.05, 0) is 20.3 Å². The molecule has 0 saturated carbocycles. The zero-order valence-corrected chi connectivity index (χ0v) is 20.1. The number of rotatable bonds is 21. The topological polar surface area (TPSA) is 101 Å². The van der Waals surface area contributed by atoms with Gasteiger partial charge in [0, 0.05) is 0 Å². The van der Waals surface area contributed by atoms with E-state index in [0.717, 1.165) is 19.3 Å². The Balaban J connectivity index is 4.10. The molecule has 6 nitrogen and oxygen atoms in total. The molecule has 0 aliphatic heterocycles. The van der Waals surface area contributed by atoms with Gasteiger partial charge in [0.1, 0.15) is 12.7 Å². The van der Waals surface area contributed by atoms with Gasteiger partial charge in [-0.15, -0.1) is 0 Å². The summed E-state index contributed by atoms with van der Waals surface area (Å²) in [6, 6.07) is 0. The number of aliphatic hydroxyl groups excluding tert-OH is 2. The first-order chi connectivity index (χ1) is 14.8. The molecule has 0 rings (SSSR count). The smallest absolute Gasteiger partial charge is 0.327 e. The Kier molecular flexibility index (Phi) is 17.6. The summed E-state index contributed by atoms with van der Waals surface area (Å²) in [5, 5.41) is 18.2. The predicted octanol–water partition coefficient (Wildman–Crippen LogP) is 4.92. The molecule has 2 N–H and O–H groups in total. The summed E-state index contributed by atoms with van der Waals surface area (Å²) < 4.78 is 4.96. The standard InChI is InChI=1S/C25H46O6/c1-4-5-6-7-8-9-10-11-12-13-14-15-16-17-18-25(21(2)27,22(3)28)24(30)31-20-23(29)19-26/h23,26,29H,4-20H2,1-3H3. The Hall–Kier alpha value is -1.27. The van der Waals surface area contributed by atoms with Crippen molar-refractivity contribution in [3.63, 3.8) is 0 Å². The van der Waals surface area contributed by atoms with Crippen molar-refractivity contribution in [2.24, 2.45) is 5.41 Å². The third kappa shape index (κ3) is 12.4. The molecule has 0 aromatic heterocycles. The van der Waals surface area contributed by atoms with Crippen LogP contribution in [0.25, 0.3) is 0 Å². The largest absolute Gasteiger partial charge is 0.462 e. The molecule has 0 spiro atoms. The van der Waals surface area contributed by atoms with E-state index in [1.54, 1.807) is 0 Å². The van der Waals surface area contributed by atoms with Gasteiger partial charge in [-0.1, -0.05) is 96.8 Å². The van der Waals surface area contributed by atoms with E-state index in [-0.39, 0.29) is 6.42 Å². The van der Waals surface area contributed by atoms with Gasteiger partial charge in [0.05, 0.1) is 6.61 Å². The summed E-state index contributed by atoms with van der Waals surface area (Å²) in [6.07, 6.45) is 15.6. The monoisotopic (exact) mass is 442 g/mol. The highest BCUT2D eigenvalue weighted by atomic mass is 16.5. The van der Waals surface area contributed by atoms with Crippen LogP contribution in [0.15, 0.2) is 0 Å². The Labute approximate surface area is 189 Å². The van der Waals surface area contributed by atoms with Gasteiger partial charge in [0.15, 0.2) is 17.0 Å². The van der Waals surface area contributed by atoms with Gasteiger partial charge in [-0.25, -0.2) is 0 Å². The molecule has 0 bridgehead atoms. The van der Waals surface area contributed by atoms with Crippen LogP contribution in [0.3, 0.4) is 0 Å². The number of carbonyl (C=O) groups excluding carboxylic acids is 3. The minimum Gasteiger partial charge on any atom is -0.462 e. The summed E-state index contributed by atoms with van der Waals surface area (Å²) in [4.78, 5) is 36.9. The molecule has 0 aliphatic carbocycles. The molecular formula is C25H46O6. The predicted molar refractivity (Wildman–Crippen MR) is 123 cm³/mol. The van der Waals surface area contributed by atoms with Crippen LogP contribution in [0.1, 0.15) is 117 Å². The average Bonchev–Trinajstić information content (AvgIpc) is 2.74. The van der Waals surface area contributed by atoms with Crippen molar-refractivity contribution in [2.45, 2.75) is 123 Å². The Morgan fingerprint density at radius 1 is 0.742 bits per heavy atom. The van der Waals surface area contributed by atoms with Crippen molar-refractivity contribution in [2.75, 3.05) is 13.2 Å². The lowest BCUT2D eigenvalue weighted by Gasteiger charge is -2.26. The first-order valence-electron chi connectivity index (χ1n) is 12.3. The first kappa shape index (κ1) is 29.7. The summed E-state index contributed by atoms with van der Waals surface area (Å²) in [6.45, 7) is 3.71. The fourth-order valence-electron chi connectivity index (χ4n) is 3.92. The number of ether oxygens (including phenoxy) is 1. The summed E-state index contributed by atoms with van der Waals surface area (Å²) >= 11 is 0. The third-order valence-electron chi connectivity index (χ3n) is 6.07. The van der Waals surface area contributed by atoms with Crippen LogP contribution in [-0.4, -0.2) is 47.1 Å². The normalized spacial score (nSPS) is 12.5. The first-order valence-corrected chi connectivity index (χ1v) is 12.3. The quantitative estimate of drug-likeness (QED) is 0.149. The van der Waals surface area contributed by atoms with Gasteiger partial charge in [-0.2, -0.15) is 0 Å². The van der Waals surface area contributed by atoms with Gasteiger partial charge in [-0.3, -0.25) is 14.4 Å². The Morgan fingerprint density at radius 2 is 1.13 bits per heavy atom. The molecule has 0 saturated heterocycles. The lowest BCUT2D eigenvalue weighted by Crippen LogP contribution is -2.46. The highest BCUT2D eigenvalue weighted by Crippen LogP contribution is 2.30. The van der Waals surface area contributed by atoms with Crippen LogP contribution < -0.4 is 0 Å². The zero-order valence-electron chi connectivity index (χ0n) is 20.1. The van der Waals surface area contributed by atoms with E-state index < -0.39 is 42.3 Å². The van der Waals surface area contributed by atoms with Crippen LogP contribution in [0.5, 0.6) is 0 Å². The fraction of sp³-hybridized carbons (Fsp3) is 0.880. The Morgan fingerprint density at radius 3 is 1.48 bits per heavy atom. The molecule has 0 radical (unpaired) electrons. The number of hydrogen-bond acceptors (Lipinski definition) is 6. The second-order valence-electron chi connectivity index (χ2n) is 8.80. The Bertz CT molecular complexity index is 488. The van der Waals surface area contributed by atoms with Crippen molar-refractivity contribution in [3.05, 3.63) is 0 Å². The molecule has 0 amide bonds. The minimum absolute atomic E-state index is 0.129. The van der Waals surface area contributed by atoms with E-state index in [9.17, 15) is 19.5 Å². The molecule has 0 aromatic carbocycles. The second kappa shape index (κ2) is 18.3. The van der Waals surface area contributed by atoms with Crippen molar-refractivity contribution >= 4 is 17.5 Å². The summed E-state index contributed by atoms with van der Waals surface area (Å²) in [5.74, 6) is -1.98. The van der Waals surface area contributed by atoms with E-state index in [0.29, 0.717) is 6.42 Å². The van der Waals surface area contributed by atoms with E-state index in [2.05, 4.69) is 6.92 Å². The molecule has 1 unspecified atom stereocenters. The number of esters is 1. The number of unbranched alkanes of at least 4 members (excludes halogenated alkanes) is 13.